The molecule has 0 aliphatic carbocycles. The standard InChI is InChI=1S/C35H35FN8O2S/c1-3-28-33(41(2)35-40-32(29(20-37)47-35)23-4-8-27(36)9-5-23)44-22-26(7-11-31(44)39-28)25-6-10-30(38-21-25)42-14-12-24(13-15-42)34(45)43-16-18-46-19-17-43/h4-11,21-22,24H,3,12-19H2,1-2H3. The number of aryl methyl sites for hydroxylation is 1. The molecule has 0 spiro atoms. The van der Waals surface area contributed by atoms with Crippen molar-refractivity contribution in [2.45, 2.75) is 26.2 Å². The highest BCUT2D eigenvalue weighted by Crippen LogP contribution is 2.37. The van der Waals surface area contributed by atoms with Gasteiger partial charge in [0.05, 0.1) is 18.9 Å². The first-order valence-electron chi connectivity index (χ1n) is 15.9. The number of piperidine rings is 1. The maximum Gasteiger partial charge on any atom is 0.225 e. The van der Waals surface area contributed by atoms with Gasteiger partial charge in [0.1, 0.15) is 39.7 Å². The van der Waals surface area contributed by atoms with Crippen molar-refractivity contribution in [2.75, 3.05) is 56.2 Å². The van der Waals surface area contributed by atoms with Crippen LogP contribution in [0.15, 0.2) is 60.9 Å². The summed E-state index contributed by atoms with van der Waals surface area (Å²) >= 11 is 1.30. The molecule has 5 aromatic rings. The summed E-state index contributed by atoms with van der Waals surface area (Å²) in [6.07, 6.45) is 6.33. The number of halogens is 1. The van der Waals surface area contributed by atoms with Crippen molar-refractivity contribution < 1.29 is 13.9 Å². The normalized spacial score (nSPS) is 15.6. The SMILES string of the molecule is CCc1nc2ccc(-c3ccc(N4CCC(C(=O)N5CCOCC5)CC4)nc3)cn2c1N(C)c1nc(-c2ccc(F)cc2)c(C#N)s1. The Bertz CT molecular complexity index is 1940. The molecule has 10 nitrogen and oxygen atoms in total. The fourth-order valence-electron chi connectivity index (χ4n) is 6.41. The number of hydrogen-bond donors (Lipinski definition) is 0. The molecular weight excluding hydrogens is 616 g/mol. The van der Waals surface area contributed by atoms with Gasteiger partial charge in [-0.3, -0.25) is 9.20 Å². The number of morpholine rings is 1. The van der Waals surface area contributed by atoms with Gasteiger partial charge in [0, 0.05) is 68.2 Å². The van der Waals surface area contributed by atoms with Crippen LogP contribution in [0, 0.1) is 23.1 Å². The molecule has 2 fully saturated rings. The van der Waals surface area contributed by atoms with E-state index in [0.29, 0.717) is 54.0 Å². The number of nitrogens with zero attached hydrogens (tertiary/aromatic N) is 8. The second-order valence-corrected chi connectivity index (χ2v) is 12.8. The third-order valence-corrected chi connectivity index (χ3v) is 10.0. The molecule has 0 N–H and O–H groups in total. The van der Waals surface area contributed by atoms with Crippen molar-refractivity contribution in [3.8, 4) is 28.5 Å². The van der Waals surface area contributed by atoms with Crippen LogP contribution in [-0.2, 0) is 16.0 Å². The number of carbonyl (C=O) groups excluding carboxylic acids is 1. The van der Waals surface area contributed by atoms with Gasteiger partial charge >= 0.3 is 0 Å². The molecule has 2 aliphatic heterocycles. The average molecular weight is 651 g/mol. The minimum absolute atomic E-state index is 0.0660. The number of anilines is 3. The van der Waals surface area contributed by atoms with E-state index in [-0.39, 0.29) is 17.6 Å². The largest absolute Gasteiger partial charge is 0.378 e. The highest BCUT2D eigenvalue weighted by atomic mass is 32.1. The van der Waals surface area contributed by atoms with Crippen LogP contribution in [0.2, 0.25) is 0 Å². The zero-order chi connectivity index (χ0) is 32.5. The second kappa shape index (κ2) is 13.1. The van der Waals surface area contributed by atoms with E-state index >= 15 is 0 Å². The van der Waals surface area contributed by atoms with Gasteiger partial charge in [0.2, 0.25) is 5.91 Å². The molecule has 240 valence electrons. The van der Waals surface area contributed by atoms with Crippen LogP contribution in [0.25, 0.3) is 28.0 Å². The molecule has 2 aliphatic rings. The van der Waals surface area contributed by atoms with Gasteiger partial charge in [-0.15, -0.1) is 0 Å². The number of fused-ring (bicyclic) bond motifs is 1. The second-order valence-electron chi connectivity index (χ2n) is 11.8. The van der Waals surface area contributed by atoms with Gasteiger partial charge in [-0.1, -0.05) is 18.3 Å². The Labute approximate surface area is 276 Å². The van der Waals surface area contributed by atoms with Crippen molar-refractivity contribution in [1.82, 2.24) is 24.3 Å². The third-order valence-electron chi connectivity index (χ3n) is 9.01. The van der Waals surface area contributed by atoms with E-state index < -0.39 is 0 Å². The molecule has 1 amide bonds. The van der Waals surface area contributed by atoms with Gasteiger partial charge in [-0.05, 0) is 67.8 Å². The predicted molar refractivity (Wildman–Crippen MR) is 180 cm³/mol. The lowest BCUT2D eigenvalue weighted by Gasteiger charge is -2.36. The Morgan fingerprint density at radius 1 is 1.02 bits per heavy atom. The maximum absolute atomic E-state index is 13.6. The highest BCUT2D eigenvalue weighted by Gasteiger charge is 2.30. The molecule has 0 bridgehead atoms. The van der Waals surface area contributed by atoms with E-state index in [1.165, 1.54) is 23.5 Å². The number of imidazole rings is 1. The number of rotatable bonds is 7. The van der Waals surface area contributed by atoms with Crippen LogP contribution in [0.3, 0.4) is 0 Å². The molecule has 0 unspecified atom stereocenters. The Kier molecular flexibility index (Phi) is 8.58. The number of pyridine rings is 2. The summed E-state index contributed by atoms with van der Waals surface area (Å²) in [4.78, 5) is 34.1. The smallest absolute Gasteiger partial charge is 0.225 e. The molecule has 6 heterocycles. The van der Waals surface area contributed by atoms with Gasteiger partial charge in [0.25, 0.3) is 0 Å². The molecule has 4 aromatic heterocycles. The van der Waals surface area contributed by atoms with Crippen molar-refractivity contribution in [3.05, 3.63) is 77.3 Å². The van der Waals surface area contributed by atoms with E-state index in [0.717, 1.165) is 60.0 Å². The number of hydrogen-bond acceptors (Lipinski definition) is 9. The molecule has 0 saturated carbocycles. The lowest BCUT2D eigenvalue weighted by Crippen LogP contribution is -2.46. The summed E-state index contributed by atoms with van der Waals surface area (Å²) in [5, 5.41) is 10.5. The molecule has 0 radical (unpaired) electrons. The number of thiazole rings is 1. The minimum atomic E-state index is -0.337. The van der Waals surface area contributed by atoms with Crippen molar-refractivity contribution in [2.24, 2.45) is 5.92 Å². The maximum atomic E-state index is 13.6. The molecule has 47 heavy (non-hydrogen) atoms. The van der Waals surface area contributed by atoms with E-state index in [2.05, 4.69) is 46.7 Å². The topological polar surface area (TPSA) is 103 Å². The Hall–Kier alpha value is -4.86. The van der Waals surface area contributed by atoms with Crippen LogP contribution >= 0.6 is 11.3 Å². The summed E-state index contributed by atoms with van der Waals surface area (Å²) in [6, 6.07) is 16.5. The minimum Gasteiger partial charge on any atom is -0.378 e. The quantitative estimate of drug-likeness (QED) is 0.214. The zero-order valence-electron chi connectivity index (χ0n) is 26.4. The first-order chi connectivity index (χ1) is 22.9. The monoisotopic (exact) mass is 650 g/mol. The third kappa shape index (κ3) is 6.04. The van der Waals surface area contributed by atoms with E-state index in [9.17, 15) is 14.4 Å². The van der Waals surface area contributed by atoms with Gasteiger partial charge < -0.3 is 19.4 Å². The zero-order valence-corrected chi connectivity index (χ0v) is 27.2. The first kappa shape index (κ1) is 30.8. The molecule has 12 heteroatoms. The molecule has 0 atom stereocenters. The van der Waals surface area contributed by atoms with E-state index in [1.54, 1.807) is 12.1 Å². The molecule has 7 rings (SSSR count). The number of nitriles is 1. The van der Waals surface area contributed by atoms with E-state index in [1.807, 2.05) is 29.1 Å². The van der Waals surface area contributed by atoms with Gasteiger partial charge in [-0.2, -0.15) is 5.26 Å². The summed E-state index contributed by atoms with van der Waals surface area (Å²) in [7, 11) is 1.93. The fraction of sp³-hybridized carbons (Fsp3) is 0.343. The Balaban J connectivity index is 1.11. The summed E-state index contributed by atoms with van der Waals surface area (Å²) in [6.45, 7) is 6.30. The van der Waals surface area contributed by atoms with Crippen LogP contribution < -0.4 is 9.80 Å². The number of benzene rings is 1. The van der Waals surface area contributed by atoms with Crippen molar-refractivity contribution >= 4 is 39.7 Å². The van der Waals surface area contributed by atoms with Crippen LogP contribution in [-0.4, -0.2) is 76.6 Å². The molecular formula is C35H35FN8O2S. The summed E-state index contributed by atoms with van der Waals surface area (Å²) < 4.78 is 21.0. The highest BCUT2D eigenvalue weighted by molar-refractivity contribution is 7.16. The Morgan fingerprint density at radius 2 is 1.74 bits per heavy atom. The average Bonchev–Trinajstić information content (AvgIpc) is 3.73. The Morgan fingerprint density at radius 3 is 2.43 bits per heavy atom. The fourth-order valence-corrected chi connectivity index (χ4v) is 7.26. The van der Waals surface area contributed by atoms with Gasteiger partial charge in [-0.25, -0.2) is 19.3 Å². The van der Waals surface area contributed by atoms with Crippen molar-refractivity contribution in [3.63, 3.8) is 0 Å². The van der Waals surface area contributed by atoms with Crippen LogP contribution in [0.4, 0.5) is 21.2 Å². The number of carbonyl (C=O) groups is 1. The van der Waals surface area contributed by atoms with Gasteiger partial charge in [0.15, 0.2) is 5.13 Å². The predicted octanol–water partition coefficient (Wildman–Crippen LogP) is 5.94. The van der Waals surface area contributed by atoms with Crippen LogP contribution in [0.5, 0.6) is 0 Å². The molecule has 2 saturated heterocycles. The van der Waals surface area contributed by atoms with Crippen LogP contribution in [0.1, 0.15) is 30.3 Å². The summed E-state index contributed by atoms with van der Waals surface area (Å²) in [5.74, 6) is 1.77. The summed E-state index contributed by atoms with van der Waals surface area (Å²) in [5.41, 5.74) is 4.91. The number of ether oxygens (including phenoxy) is 1. The van der Waals surface area contributed by atoms with Crippen molar-refractivity contribution in [1.29, 1.82) is 5.26 Å². The number of aromatic nitrogens is 4. The lowest BCUT2D eigenvalue weighted by atomic mass is 9.95. The first-order valence-corrected chi connectivity index (χ1v) is 16.7. The lowest BCUT2D eigenvalue weighted by molar-refractivity contribution is -0.140. The number of amides is 1. The molecule has 1 aromatic carbocycles. The van der Waals surface area contributed by atoms with E-state index in [4.69, 9.17) is 19.7 Å².